The van der Waals surface area contributed by atoms with Crippen molar-refractivity contribution in [1.29, 1.82) is 0 Å². The Morgan fingerprint density at radius 3 is 2.50 bits per heavy atom. The Bertz CT molecular complexity index is 1250. The molecule has 10 heteroatoms. The molecule has 0 atom stereocenters. The van der Waals surface area contributed by atoms with Gasteiger partial charge in [0.05, 0.1) is 20.3 Å². The highest BCUT2D eigenvalue weighted by atomic mass is 16.5. The topological polar surface area (TPSA) is 125 Å². The van der Waals surface area contributed by atoms with Gasteiger partial charge in [-0.2, -0.15) is 0 Å². The van der Waals surface area contributed by atoms with Crippen LogP contribution >= 0.6 is 0 Å². The molecule has 0 spiro atoms. The lowest BCUT2D eigenvalue weighted by Crippen LogP contribution is -2.42. The average Bonchev–Trinajstić information content (AvgIpc) is 3.14. The van der Waals surface area contributed by atoms with Crippen LogP contribution in [0.3, 0.4) is 0 Å². The summed E-state index contributed by atoms with van der Waals surface area (Å²) >= 11 is 0. The molecular weight excluding hydrogens is 462 g/mol. The van der Waals surface area contributed by atoms with E-state index in [4.69, 9.17) is 25.1 Å². The summed E-state index contributed by atoms with van der Waals surface area (Å²) in [5, 5.41) is 18.2. The summed E-state index contributed by atoms with van der Waals surface area (Å²) < 4.78 is 20.3. The molecule has 0 aliphatic rings. The zero-order valence-electron chi connectivity index (χ0n) is 22.3. The molecule has 3 aromatic rings. The van der Waals surface area contributed by atoms with E-state index in [-0.39, 0.29) is 30.3 Å². The van der Waals surface area contributed by atoms with Gasteiger partial charge in [-0.25, -0.2) is 0 Å². The quantitative estimate of drug-likeness (QED) is 0.234. The molecule has 0 bridgehead atoms. The van der Waals surface area contributed by atoms with Gasteiger partial charge in [-0.15, -0.1) is 4.68 Å². The SMILES string of the molecule is CCCOc1nn2c(N)[n+](CC(=O)c3cc(OCCCO)c(OC)c(C(C)(C)C)c3)nc2c(C)c1C. The Balaban J connectivity index is 2.02. The molecule has 1 aromatic carbocycles. The van der Waals surface area contributed by atoms with E-state index in [2.05, 4.69) is 10.2 Å². The Morgan fingerprint density at radius 2 is 1.89 bits per heavy atom. The largest absolute Gasteiger partial charge is 0.493 e. The molecule has 0 fully saturated rings. The van der Waals surface area contributed by atoms with E-state index < -0.39 is 0 Å². The number of anilines is 1. The molecule has 0 unspecified atom stereocenters. The number of ether oxygens (including phenoxy) is 3. The minimum Gasteiger partial charge on any atom is -0.493 e. The molecule has 36 heavy (non-hydrogen) atoms. The number of rotatable bonds is 11. The number of aryl methyl sites for hydroxylation is 1. The van der Waals surface area contributed by atoms with Crippen LogP contribution in [0.1, 0.15) is 67.6 Å². The number of hydrogen-bond donors (Lipinski definition) is 2. The maximum Gasteiger partial charge on any atom is 0.401 e. The number of nitrogens with zero attached hydrogens (tertiary/aromatic N) is 4. The van der Waals surface area contributed by atoms with E-state index in [0.717, 1.165) is 23.1 Å². The fourth-order valence-electron chi connectivity index (χ4n) is 3.82. The van der Waals surface area contributed by atoms with E-state index in [1.165, 1.54) is 9.20 Å². The number of hydrogen-bond acceptors (Lipinski definition) is 8. The number of benzene rings is 1. The summed E-state index contributed by atoms with van der Waals surface area (Å²) in [6, 6.07) is 3.50. The second kappa shape index (κ2) is 11.1. The van der Waals surface area contributed by atoms with Crippen LogP contribution in [-0.2, 0) is 12.0 Å². The first kappa shape index (κ1) is 27.2. The van der Waals surface area contributed by atoms with Gasteiger partial charge in [0.25, 0.3) is 5.65 Å². The predicted molar refractivity (Wildman–Crippen MR) is 136 cm³/mol. The Hall–Kier alpha value is -3.40. The third-order valence-corrected chi connectivity index (χ3v) is 5.99. The number of ketones is 1. The molecule has 0 aliphatic heterocycles. The lowest BCUT2D eigenvalue weighted by molar-refractivity contribution is -0.723. The molecule has 0 radical (unpaired) electrons. The molecule has 10 nitrogen and oxygen atoms in total. The number of aliphatic hydroxyl groups is 1. The first-order chi connectivity index (χ1) is 17.0. The molecule has 0 saturated heterocycles. The van der Waals surface area contributed by atoms with Gasteiger partial charge in [0, 0.05) is 35.3 Å². The molecule has 0 saturated carbocycles. The predicted octanol–water partition coefficient (Wildman–Crippen LogP) is 2.95. The van der Waals surface area contributed by atoms with Crippen LogP contribution in [0.25, 0.3) is 5.65 Å². The van der Waals surface area contributed by atoms with Crippen LogP contribution < -0.4 is 24.6 Å². The molecule has 3 N–H and O–H groups in total. The Labute approximate surface area is 212 Å². The minimum atomic E-state index is -0.306. The van der Waals surface area contributed by atoms with Crippen molar-refractivity contribution in [2.24, 2.45) is 0 Å². The first-order valence-corrected chi connectivity index (χ1v) is 12.2. The standard InChI is InChI=1S/C26H37N5O5/c1-8-11-36-24-17(3)16(2)23-28-30(25(27)31(23)29-24)15-20(33)18-13-19(26(4,5)6)22(34-7)21(14-18)35-12-9-10-32/h13-14,27,32H,8-12,15H2,1-7H3/p+1. The third-order valence-electron chi connectivity index (χ3n) is 5.99. The van der Waals surface area contributed by atoms with Crippen LogP contribution in [0.5, 0.6) is 17.4 Å². The minimum absolute atomic E-state index is 0.00892. The molecule has 0 amide bonds. The van der Waals surface area contributed by atoms with Crippen molar-refractivity contribution in [3.05, 3.63) is 34.4 Å². The molecule has 196 valence electrons. The van der Waals surface area contributed by atoms with Crippen molar-refractivity contribution in [2.45, 2.75) is 66.3 Å². The fraction of sp³-hybridized carbons (Fsp3) is 0.538. The number of aromatic nitrogens is 4. The molecule has 2 aromatic heterocycles. The average molecular weight is 501 g/mol. The normalized spacial score (nSPS) is 11.7. The number of nitrogens with two attached hydrogens (primary N) is 1. The number of methoxy groups -OCH3 is 1. The van der Waals surface area contributed by atoms with Gasteiger partial charge in [-0.1, -0.05) is 42.4 Å². The summed E-state index contributed by atoms with van der Waals surface area (Å²) in [6.07, 6.45) is 1.33. The number of aliphatic hydroxyl groups excluding tert-OH is 1. The molecule has 2 heterocycles. The van der Waals surface area contributed by atoms with Crippen molar-refractivity contribution in [3.8, 4) is 17.4 Å². The van der Waals surface area contributed by atoms with Crippen LogP contribution in [0.2, 0.25) is 0 Å². The van der Waals surface area contributed by atoms with Crippen LogP contribution in [0.15, 0.2) is 12.1 Å². The van der Waals surface area contributed by atoms with Crippen molar-refractivity contribution in [3.63, 3.8) is 0 Å². The van der Waals surface area contributed by atoms with Crippen LogP contribution in [0.4, 0.5) is 5.95 Å². The lowest BCUT2D eigenvalue weighted by Gasteiger charge is -2.25. The summed E-state index contributed by atoms with van der Waals surface area (Å²) in [7, 11) is 1.58. The highest BCUT2D eigenvalue weighted by Crippen LogP contribution is 2.40. The van der Waals surface area contributed by atoms with Crippen molar-refractivity contribution in [1.82, 2.24) is 14.7 Å². The third kappa shape index (κ3) is 5.53. The number of fused-ring (bicyclic) bond motifs is 1. The van der Waals surface area contributed by atoms with Gasteiger partial charge in [0.2, 0.25) is 5.88 Å². The maximum absolute atomic E-state index is 13.5. The first-order valence-electron chi connectivity index (χ1n) is 12.2. The second-order valence-corrected chi connectivity index (χ2v) is 9.81. The van der Waals surface area contributed by atoms with Gasteiger partial charge in [-0.05, 0) is 37.8 Å². The summed E-state index contributed by atoms with van der Waals surface area (Å²) in [6.45, 7) is 12.8. The van der Waals surface area contributed by atoms with Gasteiger partial charge >= 0.3 is 5.95 Å². The van der Waals surface area contributed by atoms with Gasteiger partial charge < -0.3 is 19.3 Å². The van der Waals surface area contributed by atoms with Crippen LogP contribution in [-0.4, -0.2) is 52.5 Å². The monoisotopic (exact) mass is 500 g/mol. The fourth-order valence-corrected chi connectivity index (χ4v) is 3.82. The van der Waals surface area contributed by atoms with E-state index in [0.29, 0.717) is 48.2 Å². The summed E-state index contributed by atoms with van der Waals surface area (Å²) in [5.41, 5.74) is 9.69. The zero-order chi connectivity index (χ0) is 26.6. The van der Waals surface area contributed by atoms with Crippen molar-refractivity contribution >= 4 is 17.4 Å². The highest BCUT2D eigenvalue weighted by molar-refractivity contribution is 5.96. The lowest BCUT2D eigenvalue weighted by atomic mass is 9.84. The molecule has 3 rings (SSSR count). The van der Waals surface area contributed by atoms with E-state index in [1.54, 1.807) is 13.2 Å². The Kier molecular flexibility index (Phi) is 8.39. The van der Waals surface area contributed by atoms with Gasteiger partial charge in [0.15, 0.2) is 23.8 Å². The maximum atomic E-state index is 13.5. The highest BCUT2D eigenvalue weighted by Gasteiger charge is 2.28. The number of carbonyl (C=O) groups is 1. The van der Waals surface area contributed by atoms with E-state index in [1.807, 2.05) is 47.6 Å². The van der Waals surface area contributed by atoms with E-state index >= 15 is 0 Å². The van der Waals surface area contributed by atoms with Crippen LogP contribution in [0, 0.1) is 13.8 Å². The van der Waals surface area contributed by atoms with Gasteiger partial charge in [0.1, 0.15) is 0 Å². The number of nitrogen functional groups attached to an aromatic ring is 1. The summed E-state index contributed by atoms with van der Waals surface area (Å²) in [5.74, 6) is 1.57. The number of carbonyl (C=O) groups excluding carboxylic acids is 1. The second-order valence-electron chi connectivity index (χ2n) is 9.81. The summed E-state index contributed by atoms with van der Waals surface area (Å²) in [4.78, 5) is 13.5. The molecular formula is C26H38N5O5+. The Morgan fingerprint density at radius 1 is 1.17 bits per heavy atom. The molecule has 0 aliphatic carbocycles. The van der Waals surface area contributed by atoms with Gasteiger partial charge in [-0.3, -0.25) is 10.5 Å². The number of Topliss-reactive ketones (excluding diaryl/α,β-unsaturated/α-hetero) is 1. The van der Waals surface area contributed by atoms with Crippen molar-refractivity contribution < 1.29 is 28.8 Å². The smallest absolute Gasteiger partial charge is 0.401 e. The van der Waals surface area contributed by atoms with E-state index in [9.17, 15) is 4.79 Å². The zero-order valence-corrected chi connectivity index (χ0v) is 22.3. The van der Waals surface area contributed by atoms with Crippen molar-refractivity contribution in [2.75, 3.05) is 32.7 Å².